The first-order valence-corrected chi connectivity index (χ1v) is 5.90. The molecule has 0 N–H and O–H groups in total. The Kier molecular flexibility index (Phi) is 5.55. The molecule has 1 heteroatoms. The molecule has 1 nitrogen and oxygen atoms in total. The molecule has 1 unspecified atom stereocenters. The lowest BCUT2D eigenvalue weighted by Crippen LogP contribution is -2.06. The standard InChI is InChI=1S/C15H20O/c1-13(2)15(12-16)11-7-6-10-14-8-4-3-5-9-14/h3-5,7-9,11-13,15H,6,10H2,1-2H3. The van der Waals surface area contributed by atoms with E-state index in [9.17, 15) is 4.79 Å². The van der Waals surface area contributed by atoms with Crippen molar-refractivity contribution in [1.29, 1.82) is 0 Å². The highest BCUT2D eigenvalue weighted by Crippen LogP contribution is 2.10. The van der Waals surface area contributed by atoms with Gasteiger partial charge in [-0.1, -0.05) is 56.3 Å². The first kappa shape index (κ1) is 12.7. The van der Waals surface area contributed by atoms with E-state index >= 15 is 0 Å². The zero-order valence-corrected chi connectivity index (χ0v) is 10.1. The Hall–Kier alpha value is -1.37. The largest absolute Gasteiger partial charge is 0.303 e. The zero-order valence-electron chi connectivity index (χ0n) is 10.1. The molecule has 0 amide bonds. The number of benzene rings is 1. The van der Waals surface area contributed by atoms with Gasteiger partial charge in [0, 0.05) is 5.92 Å². The summed E-state index contributed by atoms with van der Waals surface area (Å²) in [7, 11) is 0. The highest BCUT2D eigenvalue weighted by Gasteiger charge is 2.06. The van der Waals surface area contributed by atoms with Crippen LogP contribution in [0.4, 0.5) is 0 Å². The fourth-order valence-corrected chi connectivity index (χ4v) is 1.57. The third-order valence-corrected chi connectivity index (χ3v) is 2.73. The lowest BCUT2D eigenvalue weighted by atomic mass is 9.96. The molecule has 0 bridgehead atoms. The molecule has 86 valence electrons. The quantitative estimate of drug-likeness (QED) is 0.524. The molecule has 0 fully saturated rings. The van der Waals surface area contributed by atoms with Crippen molar-refractivity contribution in [2.75, 3.05) is 0 Å². The van der Waals surface area contributed by atoms with Crippen LogP contribution in [0.3, 0.4) is 0 Å². The van der Waals surface area contributed by atoms with Gasteiger partial charge in [0.15, 0.2) is 0 Å². The molecule has 0 aliphatic heterocycles. The Morgan fingerprint density at radius 2 is 1.88 bits per heavy atom. The number of carbonyl (C=O) groups excluding carboxylic acids is 1. The third kappa shape index (κ3) is 4.43. The van der Waals surface area contributed by atoms with Crippen LogP contribution in [0.5, 0.6) is 0 Å². The maximum Gasteiger partial charge on any atom is 0.127 e. The summed E-state index contributed by atoms with van der Waals surface area (Å²) in [5.41, 5.74) is 1.35. The third-order valence-electron chi connectivity index (χ3n) is 2.73. The predicted octanol–water partition coefficient (Wildman–Crippen LogP) is 3.65. The predicted molar refractivity (Wildman–Crippen MR) is 68.3 cm³/mol. The number of aryl methyl sites for hydroxylation is 1. The van der Waals surface area contributed by atoms with E-state index in [1.54, 1.807) is 0 Å². The number of allylic oxidation sites excluding steroid dienone is 2. The summed E-state index contributed by atoms with van der Waals surface area (Å²) in [6.07, 6.45) is 7.22. The molecule has 0 spiro atoms. The summed E-state index contributed by atoms with van der Waals surface area (Å²) in [6.45, 7) is 4.14. The van der Waals surface area contributed by atoms with Gasteiger partial charge in [0.2, 0.25) is 0 Å². The average Bonchev–Trinajstić information content (AvgIpc) is 2.30. The van der Waals surface area contributed by atoms with Crippen molar-refractivity contribution in [3.8, 4) is 0 Å². The van der Waals surface area contributed by atoms with Crippen LogP contribution in [-0.4, -0.2) is 6.29 Å². The van der Waals surface area contributed by atoms with E-state index in [0.29, 0.717) is 5.92 Å². The maximum atomic E-state index is 10.8. The topological polar surface area (TPSA) is 17.1 Å². The second-order valence-corrected chi connectivity index (χ2v) is 4.41. The van der Waals surface area contributed by atoms with Crippen molar-refractivity contribution in [2.24, 2.45) is 11.8 Å². The molecule has 1 aromatic carbocycles. The maximum absolute atomic E-state index is 10.8. The van der Waals surface area contributed by atoms with Crippen LogP contribution < -0.4 is 0 Å². The van der Waals surface area contributed by atoms with E-state index in [2.05, 4.69) is 44.2 Å². The summed E-state index contributed by atoms with van der Waals surface area (Å²) < 4.78 is 0. The van der Waals surface area contributed by atoms with Crippen molar-refractivity contribution < 1.29 is 4.79 Å². The monoisotopic (exact) mass is 216 g/mol. The number of aldehydes is 1. The lowest BCUT2D eigenvalue weighted by Gasteiger charge is -2.08. The van der Waals surface area contributed by atoms with Gasteiger partial charge in [-0.05, 0) is 24.3 Å². The Morgan fingerprint density at radius 3 is 2.44 bits per heavy atom. The fraction of sp³-hybridized carbons (Fsp3) is 0.400. The second kappa shape index (κ2) is 7.00. The summed E-state index contributed by atoms with van der Waals surface area (Å²) in [5, 5.41) is 0. The molecular weight excluding hydrogens is 196 g/mol. The molecule has 0 radical (unpaired) electrons. The SMILES string of the molecule is CC(C)C(C=O)C=CCCc1ccccc1. The Morgan fingerprint density at radius 1 is 1.19 bits per heavy atom. The van der Waals surface area contributed by atoms with E-state index < -0.39 is 0 Å². The highest BCUT2D eigenvalue weighted by atomic mass is 16.1. The number of hydrogen-bond donors (Lipinski definition) is 0. The van der Waals surface area contributed by atoms with Gasteiger partial charge in [-0.3, -0.25) is 0 Å². The van der Waals surface area contributed by atoms with Crippen molar-refractivity contribution in [3.05, 3.63) is 48.0 Å². The van der Waals surface area contributed by atoms with Crippen molar-refractivity contribution in [3.63, 3.8) is 0 Å². The van der Waals surface area contributed by atoms with Crippen molar-refractivity contribution in [1.82, 2.24) is 0 Å². The van der Waals surface area contributed by atoms with Crippen LogP contribution in [-0.2, 0) is 11.2 Å². The van der Waals surface area contributed by atoms with Gasteiger partial charge >= 0.3 is 0 Å². The first-order valence-electron chi connectivity index (χ1n) is 5.90. The minimum absolute atomic E-state index is 0.0655. The van der Waals surface area contributed by atoms with Gasteiger partial charge in [-0.2, -0.15) is 0 Å². The summed E-state index contributed by atoms with van der Waals surface area (Å²) in [4.78, 5) is 10.8. The summed E-state index contributed by atoms with van der Waals surface area (Å²) in [5.74, 6) is 0.459. The van der Waals surface area contributed by atoms with Crippen molar-refractivity contribution in [2.45, 2.75) is 26.7 Å². The van der Waals surface area contributed by atoms with Crippen LogP contribution >= 0.6 is 0 Å². The second-order valence-electron chi connectivity index (χ2n) is 4.41. The van der Waals surface area contributed by atoms with Gasteiger partial charge in [0.05, 0.1) is 0 Å². The van der Waals surface area contributed by atoms with E-state index in [1.165, 1.54) is 5.56 Å². The molecule has 1 atom stereocenters. The minimum atomic E-state index is 0.0655. The number of hydrogen-bond acceptors (Lipinski definition) is 1. The number of carbonyl (C=O) groups is 1. The van der Waals surface area contributed by atoms with Crippen LogP contribution in [0.1, 0.15) is 25.8 Å². The molecule has 0 aliphatic rings. The van der Waals surface area contributed by atoms with E-state index in [4.69, 9.17) is 0 Å². The first-order chi connectivity index (χ1) is 7.74. The highest BCUT2D eigenvalue weighted by molar-refractivity contribution is 5.56. The normalized spacial score (nSPS) is 13.2. The van der Waals surface area contributed by atoms with Crippen LogP contribution in [0.15, 0.2) is 42.5 Å². The van der Waals surface area contributed by atoms with E-state index in [0.717, 1.165) is 19.1 Å². The average molecular weight is 216 g/mol. The smallest absolute Gasteiger partial charge is 0.127 e. The van der Waals surface area contributed by atoms with Crippen molar-refractivity contribution >= 4 is 6.29 Å². The van der Waals surface area contributed by atoms with E-state index in [1.807, 2.05) is 12.1 Å². The molecule has 1 rings (SSSR count). The molecule has 0 heterocycles. The number of rotatable bonds is 6. The zero-order chi connectivity index (χ0) is 11.8. The van der Waals surface area contributed by atoms with E-state index in [-0.39, 0.29) is 5.92 Å². The Bertz CT molecular complexity index is 325. The molecular formula is C15H20O. The van der Waals surface area contributed by atoms with Gasteiger partial charge < -0.3 is 4.79 Å². The molecule has 0 aromatic heterocycles. The fourth-order valence-electron chi connectivity index (χ4n) is 1.57. The molecule has 0 saturated carbocycles. The Labute approximate surface area is 98.2 Å². The minimum Gasteiger partial charge on any atom is -0.303 e. The molecule has 1 aromatic rings. The Balaban J connectivity index is 2.35. The molecule has 0 aliphatic carbocycles. The summed E-state index contributed by atoms with van der Waals surface area (Å²) in [6, 6.07) is 10.4. The van der Waals surface area contributed by atoms with Gasteiger partial charge in [-0.15, -0.1) is 0 Å². The lowest BCUT2D eigenvalue weighted by molar-refractivity contribution is -0.110. The molecule has 0 saturated heterocycles. The summed E-state index contributed by atoms with van der Waals surface area (Å²) >= 11 is 0. The van der Waals surface area contributed by atoms with Crippen LogP contribution in [0.25, 0.3) is 0 Å². The van der Waals surface area contributed by atoms with Gasteiger partial charge in [-0.25, -0.2) is 0 Å². The van der Waals surface area contributed by atoms with Crippen LogP contribution in [0, 0.1) is 11.8 Å². The molecule has 16 heavy (non-hydrogen) atoms. The van der Waals surface area contributed by atoms with Gasteiger partial charge in [0.1, 0.15) is 6.29 Å². The van der Waals surface area contributed by atoms with Crippen LogP contribution in [0.2, 0.25) is 0 Å². The van der Waals surface area contributed by atoms with Gasteiger partial charge in [0.25, 0.3) is 0 Å².